The van der Waals surface area contributed by atoms with Crippen LogP contribution >= 0.6 is 0 Å². The molecule has 6 rings (SSSR count). The van der Waals surface area contributed by atoms with Crippen molar-refractivity contribution in [2.45, 2.75) is 25.4 Å². The van der Waals surface area contributed by atoms with Crippen LogP contribution in [0, 0.1) is 17.6 Å². The monoisotopic (exact) mass is 495 g/mol. The first-order valence-electron chi connectivity index (χ1n) is 12.1. The predicted molar refractivity (Wildman–Crippen MR) is 129 cm³/mol. The third kappa shape index (κ3) is 4.61. The zero-order chi connectivity index (χ0) is 24.6. The number of aromatic nitrogens is 5. The van der Waals surface area contributed by atoms with Gasteiger partial charge in [-0.3, -0.25) is 9.80 Å². The van der Waals surface area contributed by atoms with Crippen LogP contribution in [0.15, 0.2) is 41.0 Å². The van der Waals surface area contributed by atoms with Crippen molar-refractivity contribution in [3.05, 3.63) is 53.8 Å². The number of nitrogens with zero attached hydrogens (tertiary/aromatic N) is 7. The average Bonchev–Trinajstić information content (AvgIpc) is 3.55. The van der Waals surface area contributed by atoms with Gasteiger partial charge in [-0.15, -0.1) is 5.10 Å². The lowest BCUT2D eigenvalue weighted by Crippen LogP contribution is -2.56. The molecule has 0 aliphatic carbocycles. The van der Waals surface area contributed by atoms with E-state index in [2.05, 4.69) is 35.2 Å². The Morgan fingerprint density at radius 3 is 2.83 bits per heavy atom. The molecule has 0 unspecified atom stereocenters. The minimum atomic E-state index is -0.541. The molecule has 10 nitrogen and oxygen atoms in total. The Bertz CT molecular complexity index is 1360. The topological polar surface area (TPSA) is 114 Å². The molecule has 1 aromatic carbocycles. The van der Waals surface area contributed by atoms with Crippen LogP contribution < -0.4 is 11.1 Å². The van der Waals surface area contributed by atoms with E-state index in [0.717, 1.165) is 51.6 Å². The number of hydrogen-bond acceptors (Lipinski definition) is 9. The minimum Gasteiger partial charge on any atom is -0.461 e. The number of halogens is 2. The fraction of sp³-hybridized carbons (Fsp3) is 0.417. The van der Waals surface area contributed by atoms with Crippen LogP contribution in [-0.4, -0.2) is 73.1 Å². The lowest BCUT2D eigenvalue weighted by atomic mass is 9.91. The second kappa shape index (κ2) is 9.43. The third-order valence-electron chi connectivity index (χ3n) is 7.02. The van der Waals surface area contributed by atoms with E-state index in [1.54, 1.807) is 24.5 Å². The van der Waals surface area contributed by atoms with Gasteiger partial charge < -0.3 is 15.5 Å². The molecule has 0 radical (unpaired) electrons. The summed E-state index contributed by atoms with van der Waals surface area (Å²) in [4.78, 5) is 18.0. The van der Waals surface area contributed by atoms with Crippen LogP contribution in [-0.2, 0) is 6.54 Å². The summed E-state index contributed by atoms with van der Waals surface area (Å²) < 4.78 is 34.0. The van der Waals surface area contributed by atoms with Crippen LogP contribution in [0.25, 0.3) is 17.4 Å². The highest BCUT2D eigenvalue weighted by atomic mass is 19.1. The summed E-state index contributed by atoms with van der Waals surface area (Å²) in [6.45, 7) is 4.87. The quantitative estimate of drug-likeness (QED) is 0.417. The maximum absolute atomic E-state index is 14.1. The summed E-state index contributed by atoms with van der Waals surface area (Å²) in [7, 11) is 0. The molecule has 2 fully saturated rings. The van der Waals surface area contributed by atoms with Gasteiger partial charge in [-0.2, -0.15) is 19.5 Å². The fourth-order valence-corrected chi connectivity index (χ4v) is 5.15. The van der Waals surface area contributed by atoms with Gasteiger partial charge >= 0.3 is 0 Å². The molecule has 0 bridgehead atoms. The van der Waals surface area contributed by atoms with E-state index >= 15 is 0 Å². The summed E-state index contributed by atoms with van der Waals surface area (Å²) in [6.07, 6.45) is 3.69. The molecule has 2 aliphatic heterocycles. The third-order valence-corrected chi connectivity index (χ3v) is 7.02. The Balaban J connectivity index is 1.04. The molecule has 4 aromatic rings. The molecule has 2 saturated heterocycles. The van der Waals surface area contributed by atoms with E-state index in [1.165, 1.54) is 10.6 Å². The van der Waals surface area contributed by atoms with Gasteiger partial charge in [0.15, 0.2) is 5.76 Å². The van der Waals surface area contributed by atoms with E-state index in [9.17, 15) is 8.78 Å². The molecule has 3 aromatic heterocycles. The highest BCUT2D eigenvalue weighted by Crippen LogP contribution is 2.27. The molecule has 2 atom stereocenters. The molecule has 0 amide bonds. The Hall–Kier alpha value is -3.64. The van der Waals surface area contributed by atoms with E-state index < -0.39 is 11.6 Å². The van der Waals surface area contributed by atoms with Crippen LogP contribution in [0.1, 0.15) is 18.4 Å². The largest absolute Gasteiger partial charge is 0.461 e. The van der Waals surface area contributed by atoms with Gasteiger partial charge in [0.05, 0.1) is 6.26 Å². The molecular formula is C24H27F2N9O. The fourth-order valence-electron chi connectivity index (χ4n) is 5.15. The Kier molecular flexibility index (Phi) is 5.97. The first-order chi connectivity index (χ1) is 17.5. The number of nitrogens with one attached hydrogen (secondary N) is 1. The standard InChI is InChI=1S/C24H27F2N9O/c25-17-5-4-16(19(26)10-17)13-33-7-8-34-12-15(3-6-18(34)14-33)11-28-23-30-22(27)35-24(31-23)29-21(32-35)20-2-1-9-36-20/h1-2,4-5,9-10,15,18H,3,6-8,11-14H2,(H3,27,28,29,30,31,32)/t15-,18+/m0/s1. The SMILES string of the molecule is Nc1nc(NC[C@@H]2CC[C@@H]3CN(Cc4ccc(F)cc4F)CCN3C2)nc2nc(-c3ccco3)nn12. The van der Waals surface area contributed by atoms with Crippen molar-refractivity contribution in [2.75, 3.05) is 43.8 Å². The predicted octanol–water partition coefficient (Wildman–Crippen LogP) is 2.65. The molecule has 5 heterocycles. The van der Waals surface area contributed by atoms with Gasteiger partial charge in [0.25, 0.3) is 5.78 Å². The number of anilines is 2. The summed E-state index contributed by atoms with van der Waals surface area (Å²) in [5.74, 6) is 1.34. The Morgan fingerprint density at radius 1 is 1.08 bits per heavy atom. The lowest BCUT2D eigenvalue weighted by molar-refractivity contribution is 0.0269. The molecule has 3 N–H and O–H groups in total. The number of furan rings is 1. The number of piperazine rings is 1. The normalized spacial score (nSPS) is 21.1. The van der Waals surface area contributed by atoms with Gasteiger partial charge in [0, 0.05) is 56.9 Å². The van der Waals surface area contributed by atoms with Crippen molar-refractivity contribution in [1.29, 1.82) is 0 Å². The van der Waals surface area contributed by atoms with Crippen molar-refractivity contribution in [3.8, 4) is 11.6 Å². The number of hydrogen-bond donors (Lipinski definition) is 2. The number of benzene rings is 1. The van der Waals surface area contributed by atoms with E-state index in [-0.39, 0.29) is 5.95 Å². The van der Waals surface area contributed by atoms with Crippen molar-refractivity contribution < 1.29 is 13.2 Å². The molecule has 12 heteroatoms. The smallest absolute Gasteiger partial charge is 0.259 e. The highest BCUT2D eigenvalue weighted by Gasteiger charge is 2.33. The number of fused-ring (bicyclic) bond motifs is 2. The number of rotatable bonds is 6. The van der Waals surface area contributed by atoms with Gasteiger partial charge in [-0.25, -0.2) is 8.78 Å². The maximum Gasteiger partial charge on any atom is 0.259 e. The lowest BCUT2D eigenvalue weighted by Gasteiger charge is -2.46. The molecule has 0 saturated carbocycles. The molecule has 188 valence electrons. The molecule has 2 aliphatic rings. The summed E-state index contributed by atoms with van der Waals surface area (Å²) >= 11 is 0. The van der Waals surface area contributed by atoms with Crippen molar-refractivity contribution >= 4 is 17.7 Å². The number of nitrogen functional groups attached to an aromatic ring is 1. The Labute approximate surface area is 206 Å². The second-order valence-corrected chi connectivity index (χ2v) is 9.47. The van der Waals surface area contributed by atoms with Crippen molar-refractivity contribution in [3.63, 3.8) is 0 Å². The van der Waals surface area contributed by atoms with Crippen molar-refractivity contribution in [1.82, 2.24) is 34.4 Å². The van der Waals surface area contributed by atoms with Crippen LogP contribution in [0.3, 0.4) is 0 Å². The first-order valence-corrected chi connectivity index (χ1v) is 12.1. The van der Waals surface area contributed by atoms with Gasteiger partial charge in [-0.1, -0.05) is 6.07 Å². The molecule has 36 heavy (non-hydrogen) atoms. The van der Waals surface area contributed by atoms with E-state index in [0.29, 0.717) is 47.4 Å². The number of nitrogens with two attached hydrogens (primary N) is 1. The zero-order valence-corrected chi connectivity index (χ0v) is 19.6. The zero-order valence-electron chi connectivity index (χ0n) is 19.6. The van der Waals surface area contributed by atoms with Gasteiger partial charge in [0.2, 0.25) is 17.7 Å². The van der Waals surface area contributed by atoms with E-state index in [4.69, 9.17) is 10.2 Å². The highest BCUT2D eigenvalue weighted by molar-refractivity contribution is 5.52. The minimum absolute atomic E-state index is 0.199. The number of piperidine rings is 1. The van der Waals surface area contributed by atoms with Gasteiger partial charge in [-0.05, 0) is 37.0 Å². The van der Waals surface area contributed by atoms with Crippen molar-refractivity contribution in [2.24, 2.45) is 5.92 Å². The summed E-state index contributed by atoms with van der Waals surface area (Å²) in [5.41, 5.74) is 6.63. The van der Waals surface area contributed by atoms with Crippen LogP contribution in [0.5, 0.6) is 0 Å². The first kappa shape index (κ1) is 22.8. The van der Waals surface area contributed by atoms with Crippen LogP contribution in [0.4, 0.5) is 20.7 Å². The summed E-state index contributed by atoms with van der Waals surface area (Å²) in [6, 6.07) is 7.81. The molecular weight excluding hydrogens is 468 g/mol. The van der Waals surface area contributed by atoms with Gasteiger partial charge in [0.1, 0.15) is 11.6 Å². The van der Waals surface area contributed by atoms with Crippen LogP contribution in [0.2, 0.25) is 0 Å². The average molecular weight is 496 g/mol. The van der Waals surface area contributed by atoms with E-state index in [1.807, 2.05) is 0 Å². The Morgan fingerprint density at radius 2 is 2.00 bits per heavy atom. The second-order valence-electron chi connectivity index (χ2n) is 9.47. The summed E-state index contributed by atoms with van der Waals surface area (Å²) in [5, 5.41) is 7.64. The molecule has 0 spiro atoms. The maximum atomic E-state index is 14.1.